The number of halogens is 3. The minimum Gasteiger partial charge on any atom is -0.379 e. The minimum absolute atomic E-state index is 0. The van der Waals surface area contributed by atoms with Crippen LogP contribution in [0.3, 0.4) is 0 Å². The van der Waals surface area contributed by atoms with E-state index in [9.17, 15) is 22.0 Å². The topological polar surface area (TPSA) is 102 Å². The number of sulfonamides is 1. The maximum Gasteiger partial charge on any atom is 0.277 e. The number of nitrogens with one attached hydrogen (secondary N) is 1. The lowest BCUT2D eigenvalue weighted by Crippen LogP contribution is -2.41. The zero-order valence-corrected chi connectivity index (χ0v) is 16.3. The fourth-order valence-corrected chi connectivity index (χ4v) is 3.82. The summed E-state index contributed by atoms with van der Waals surface area (Å²) in [6, 6.07) is 6.21. The second kappa shape index (κ2) is 10.3. The van der Waals surface area contributed by atoms with E-state index in [-0.39, 0.29) is 23.7 Å². The van der Waals surface area contributed by atoms with Crippen LogP contribution in [-0.2, 0) is 26.0 Å². The first-order chi connectivity index (χ1) is 12.2. The fourth-order valence-electron chi connectivity index (χ4n) is 2.41. The summed E-state index contributed by atoms with van der Waals surface area (Å²) in [6.45, 7) is -0.244. The molecule has 3 N–H and O–H groups in total. The molecular weight excluding hydrogens is 404 g/mol. The Hall–Kier alpha value is -1.33. The molecule has 0 spiro atoms. The molecular formula is C16H24ClF2N3O4S. The normalized spacial score (nSPS) is 15.8. The Morgan fingerprint density at radius 3 is 2.37 bits per heavy atom. The second-order valence-electron chi connectivity index (χ2n) is 6.00. The summed E-state index contributed by atoms with van der Waals surface area (Å²) in [5.41, 5.74) is 5.64. The summed E-state index contributed by atoms with van der Waals surface area (Å²) in [5, 5.41) is 2.14. The van der Waals surface area contributed by atoms with Crippen molar-refractivity contribution in [1.82, 2.24) is 9.62 Å². The first-order valence-corrected chi connectivity index (χ1v) is 9.70. The van der Waals surface area contributed by atoms with Crippen molar-refractivity contribution in [2.45, 2.75) is 23.7 Å². The van der Waals surface area contributed by atoms with Gasteiger partial charge in [-0.05, 0) is 24.1 Å². The van der Waals surface area contributed by atoms with E-state index in [1.807, 2.05) is 0 Å². The van der Waals surface area contributed by atoms with Crippen LogP contribution in [0.5, 0.6) is 0 Å². The number of ether oxygens (including phenoxy) is 1. The van der Waals surface area contributed by atoms with E-state index in [1.54, 1.807) is 12.1 Å². The average Bonchev–Trinajstić information content (AvgIpc) is 2.66. The number of hydrogen-bond acceptors (Lipinski definition) is 5. The highest BCUT2D eigenvalue weighted by Gasteiger charge is 2.27. The maximum absolute atomic E-state index is 13.0. The van der Waals surface area contributed by atoms with Gasteiger partial charge in [0, 0.05) is 19.5 Å². The second-order valence-corrected chi connectivity index (χ2v) is 7.94. The van der Waals surface area contributed by atoms with E-state index in [2.05, 4.69) is 5.32 Å². The summed E-state index contributed by atoms with van der Waals surface area (Å²) in [5.74, 6) is -3.63. The van der Waals surface area contributed by atoms with Crippen LogP contribution in [0.15, 0.2) is 29.2 Å². The van der Waals surface area contributed by atoms with Crippen LogP contribution in [0.25, 0.3) is 0 Å². The molecule has 0 radical (unpaired) electrons. The van der Waals surface area contributed by atoms with Gasteiger partial charge < -0.3 is 15.8 Å². The Bertz CT molecular complexity index is 711. The van der Waals surface area contributed by atoms with E-state index in [4.69, 9.17) is 10.5 Å². The Kier molecular flexibility index (Phi) is 9.03. The molecule has 154 valence electrons. The number of carbonyl (C=O) groups excluding carboxylic acids is 1. The van der Waals surface area contributed by atoms with Crippen LogP contribution < -0.4 is 11.1 Å². The average molecular weight is 428 g/mol. The molecule has 1 aliphatic heterocycles. The molecule has 1 saturated heterocycles. The highest BCUT2D eigenvalue weighted by atomic mass is 35.5. The number of morpholine rings is 1. The van der Waals surface area contributed by atoms with Gasteiger partial charge in [0.2, 0.25) is 15.9 Å². The molecule has 0 saturated carbocycles. The van der Waals surface area contributed by atoms with Crippen molar-refractivity contribution in [2.24, 2.45) is 5.73 Å². The van der Waals surface area contributed by atoms with Crippen molar-refractivity contribution in [3.63, 3.8) is 0 Å². The summed E-state index contributed by atoms with van der Waals surface area (Å²) in [6.07, 6.45) is 0.341. The predicted octanol–water partition coefficient (Wildman–Crippen LogP) is 0.772. The lowest BCUT2D eigenvalue weighted by molar-refractivity contribution is -0.122. The molecule has 0 bridgehead atoms. The Morgan fingerprint density at radius 1 is 1.22 bits per heavy atom. The number of carbonyl (C=O) groups is 1. The summed E-state index contributed by atoms with van der Waals surface area (Å²) >= 11 is 0. The molecule has 0 atom stereocenters. The third-order valence-electron chi connectivity index (χ3n) is 4.01. The third-order valence-corrected chi connectivity index (χ3v) is 5.93. The van der Waals surface area contributed by atoms with E-state index < -0.39 is 34.9 Å². The van der Waals surface area contributed by atoms with Gasteiger partial charge in [-0.15, -0.1) is 12.4 Å². The number of nitrogens with zero attached hydrogens (tertiary/aromatic N) is 1. The number of alkyl halides is 2. The molecule has 7 nitrogen and oxygen atoms in total. The molecule has 1 heterocycles. The first-order valence-electron chi connectivity index (χ1n) is 8.26. The summed E-state index contributed by atoms with van der Waals surface area (Å²) < 4.78 is 57.5. The van der Waals surface area contributed by atoms with Crippen molar-refractivity contribution in [2.75, 3.05) is 39.4 Å². The van der Waals surface area contributed by atoms with Crippen molar-refractivity contribution in [3.8, 4) is 0 Å². The largest absolute Gasteiger partial charge is 0.379 e. The van der Waals surface area contributed by atoms with Gasteiger partial charge >= 0.3 is 0 Å². The van der Waals surface area contributed by atoms with E-state index >= 15 is 0 Å². The van der Waals surface area contributed by atoms with Crippen molar-refractivity contribution < 1.29 is 26.7 Å². The van der Waals surface area contributed by atoms with Gasteiger partial charge in [0.05, 0.1) is 31.2 Å². The van der Waals surface area contributed by atoms with Crippen LogP contribution in [-0.4, -0.2) is 63.9 Å². The number of benzene rings is 1. The monoisotopic (exact) mass is 427 g/mol. The quantitative estimate of drug-likeness (QED) is 0.638. The molecule has 2 rings (SSSR count). The fraction of sp³-hybridized carbons (Fsp3) is 0.562. The van der Waals surface area contributed by atoms with E-state index in [0.717, 1.165) is 5.56 Å². The van der Waals surface area contributed by atoms with Crippen molar-refractivity contribution in [3.05, 3.63) is 29.8 Å². The molecule has 11 heteroatoms. The zero-order valence-electron chi connectivity index (χ0n) is 14.7. The molecule has 1 amide bonds. The molecule has 0 aromatic heterocycles. The summed E-state index contributed by atoms with van der Waals surface area (Å²) in [4.78, 5) is 11.8. The molecule has 1 aromatic rings. The number of aryl methyl sites for hydroxylation is 1. The Labute approximate surface area is 163 Å². The van der Waals surface area contributed by atoms with E-state index in [0.29, 0.717) is 32.7 Å². The smallest absolute Gasteiger partial charge is 0.277 e. The molecule has 1 aromatic carbocycles. The number of nitrogens with two attached hydrogens (primary N) is 1. The first kappa shape index (κ1) is 23.7. The van der Waals surface area contributed by atoms with Crippen LogP contribution in [0.1, 0.15) is 12.0 Å². The number of hydrogen-bond donors (Lipinski definition) is 2. The number of amides is 1. The van der Waals surface area contributed by atoms with Gasteiger partial charge in [0.1, 0.15) is 0 Å². The lowest BCUT2D eigenvalue weighted by atomic mass is 10.1. The van der Waals surface area contributed by atoms with Gasteiger partial charge in [0.25, 0.3) is 5.92 Å². The van der Waals surface area contributed by atoms with Gasteiger partial charge in [-0.1, -0.05) is 12.1 Å². The molecule has 0 aliphatic carbocycles. The van der Waals surface area contributed by atoms with E-state index in [1.165, 1.54) is 16.4 Å². The standard InChI is InChI=1S/C16H23F2N3O4S.ClH/c17-16(18,11-19)12-20-15(22)6-3-13-1-4-14(5-2-13)26(23,24)21-7-9-25-10-8-21;/h1-2,4-5H,3,6-12,19H2,(H,20,22);1H. The Morgan fingerprint density at radius 2 is 1.81 bits per heavy atom. The highest BCUT2D eigenvalue weighted by molar-refractivity contribution is 7.89. The van der Waals surface area contributed by atoms with Gasteiger partial charge in [0.15, 0.2) is 0 Å². The number of rotatable bonds is 8. The minimum atomic E-state index is -3.56. The van der Waals surface area contributed by atoms with Gasteiger partial charge in [-0.25, -0.2) is 17.2 Å². The molecule has 0 unspecified atom stereocenters. The van der Waals surface area contributed by atoms with Gasteiger partial charge in [-0.2, -0.15) is 4.31 Å². The van der Waals surface area contributed by atoms with Gasteiger partial charge in [-0.3, -0.25) is 4.79 Å². The summed E-state index contributed by atoms with van der Waals surface area (Å²) in [7, 11) is -3.56. The van der Waals surface area contributed by atoms with Crippen molar-refractivity contribution in [1.29, 1.82) is 0 Å². The van der Waals surface area contributed by atoms with Crippen LogP contribution in [0, 0.1) is 0 Å². The zero-order chi connectivity index (χ0) is 19.2. The Balaban J connectivity index is 0.00000364. The highest BCUT2D eigenvalue weighted by Crippen LogP contribution is 2.18. The predicted molar refractivity (Wildman–Crippen MR) is 98.6 cm³/mol. The van der Waals surface area contributed by atoms with Crippen LogP contribution >= 0.6 is 12.4 Å². The SMILES string of the molecule is Cl.NCC(F)(F)CNC(=O)CCc1ccc(S(=O)(=O)N2CCOCC2)cc1. The lowest BCUT2D eigenvalue weighted by Gasteiger charge is -2.26. The molecule has 27 heavy (non-hydrogen) atoms. The third kappa shape index (κ3) is 6.96. The van der Waals surface area contributed by atoms with Crippen LogP contribution in [0.2, 0.25) is 0 Å². The molecule has 1 fully saturated rings. The molecule has 1 aliphatic rings. The van der Waals surface area contributed by atoms with Crippen LogP contribution in [0.4, 0.5) is 8.78 Å². The van der Waals surface area contributed by atoms with Crippen molar-refractivity contribution >= 4 is 28.3 Å². The maximum atomic E-state index is 13.0.